The van der Waals surface area contributed by atoms with Crippen LogP contribution in [0.5, 0.6) is 0 Å². The van der Waals surface area contributed by atoms with Crippen LogP contribution in [0, 0.1) is 0 Å². The molecule has 9 heteroatoms. The van der Waals surface area contributed by atoms with E-state index >= 15 is 0 Å². The van der Waals surface area contributed by atoms with Crippen LogP contribution in [-0.4, -0.2) is 52.0 Å². The summed E-state index contributed by atoms with van der Waals surface area (Å²) >= 11 is 7.70. The molecule has 2 aromatic carbocycles. The van der Waals surface area contributed by atoms with Gasteiger partial charge >= 0.3 is 0 Å². The molecule has 7 nitrogen and oxygen atoms in total. The van der Waals surface area contributed by atoms with Crippen LogP contribution in [-0.2, 0) is 13.0 Å². The molecule has 4 N–H and O–H groups in total. The number of H-pyrrole nitrogens is 1. The van der Waals surface area contributed by atoms with E-state index in [2.05, 4.69) is 72.4 Å². The molecule has 0 atom stereocenters. The number of rotatable bonds is 9. The second-order valence-corrected chi connectivity index (χ2v) is 9.09. The van der Waals surface area contributed by atoms with E-state index in [1.54, 1.807) is 11.9 Å². The smallest absolute Gasteiger partial charge is 0.241 e. The highest BCUT2D eigenvalue weighted by Crippen LogP contribution is 2.25. The molecule has 0 aliphatic carbocycles. The number of anilines is 3. The summed E-state index contributed by atoms with van der Waals surface area (Å²) in [5, 5.41) is 7.69. The number of halogens is 1. The number of para-hydroxylation sites is 1. The third-order valence-corrected chi connectivity index (χ3v) is 6.65. The molecule has 0 radical (unpaired) electrons. The summed E-state index contributed by atoms with van der Waals surface area (Å²) in [7, 11) is 0. The van der Waals surface area contributed by atoms with Gasteiger partial charge in [0.05, 0.1) is 0 Å². The van der Waals surface area contributed by atoms with Crippen LogP contribution < -0.4 is 15.4 Å². The van der Waals surface area contributed by atoms with Crippen molar-refractivity contribution < 1.29 is 0 Å². The summed E-state index contributed by atoms with van der Waals surface area (Å²) in [5.74, 6) is 1.06. The number of benzene rings is 2. The fourth-order valence-electron chi connectivity index (χ4n) is 4.25. The van der Waals surface area contributed by atoms with Crippen molar-refractivity contribution in [3.05, 3.63) is 64.7 Å². The van der Waals surface area contributed by atoms with Crippen LogP contribution in [0.25, 0.3) is 0 Å². The second kappa shape index (κ2) is 10.9. The Kier molecular flexibility index (Phi) is 7.78. The minimum absolute atomic E-state index is 0.296. The number of aromatic amines is 1. The van der Waals surface area contributed by atoms with E-state index in [9.17, 15) is 0 Å². The first-order chi connectivity index (χ1) is 15.6. The van der Waals surface area contributed by atoms with E-state index in [-0.39, 0.29) is 0 Å². The average Bonchev–Trinajstić information content (AvgIpc) is 3.25. The van der Waals surface area contributed by atoms with Crippen LogP contribution in [0.3, 0.4) is 0 Å². The molecule has 2 heterocycles. The molecule has 170 valence electrons. The lowest BCUT2D eigenvalue weighted by atomic mass is 10.0. The van der Waals surface area contributed by atoms with Gasteiger partial charge in [0.25, 0.3) is 0 Å². The van der Waals surface area contributed by atoms with Crippen LogP contribution >= 0.6 is 23.5 Å². The van der Waals surface area contributed by atoms with Gasteiger partial charge in [-0.15, -0.1) is 5.10 Å². The second-order valence-electron chi connectivity index (χ2n) is 8.05. The van der Waals surface area contributed by atoms with Crippen molar-refractivity contribution in [1.29, 1.82) is 0 Å². The number of nitrogens with one attached hydrogen (secondary N) is 2. The number of hydrogen-bond acceptors (Lipinski definition) is 7. The van der Waals surface area contributed by atoms with Gasteiger partial charge in [-0.3, -0.25) is 4.90 Å². The van der Waals surface area contributed by atoms with Gasteiger partial charge in [-0.2, -0.15) is 4.98 Å². The van der Waals surface area contributed by atoms with E-state index in [0.717, 1.165) is 56.4 Å². The van der Waals surface area contributed by atoms with E-state index < -0.39 is 0 Å². The minimum atomic E-state index is 0.296. The fourth-order valence-corrected chi connectivity index (χ4v) is 4.80. The number of piperidine rings is 1. The highest BCUT2D eigenvalue weighted by atomic mass is 35.5. The molecule has 0 bridgehead atoms. The topological polar surface area (TPSA) is 86.1 Å². The predicted octanol–water partition coefficient (Wildman–Crippen LogP) is 4.44. The van der Waals surface area contributed by atoms with E-state index in [4.69, 9.17) is 17.3 Å². The largest absolute Gasteiger partial charge is 0.366 e. The highest BCUT2D eigenvalue weighted by molar-refractivity contribution is 7.99. The molecule has 3 aromatic rings. The number of hydrogen-bond donors (Lipinski definition) is 3. The number of nitrogens with zero attached hydrogens (tertiary/aromatic N) is 4. The Morgan fingerprint density at radius 1 is 1.19 bits per heavy atom. The maximum Gasteiger partial charge on any atom is 0.241 e. The Morgan fingerprint density at radius 2 is 1.94 bits per heavy atom. The van der Waals surface area contributed by atoms with Crippen molar-refractivity contribution >= 4 is 41.1 Å². The standard InChI is InChI=1S/C23H30ClN7S/c1-32-29-21-5-3-2-4-18(21)16-31(13-10-17-6-8-19(24)9-7-17)20-11-14-30(15-12-20)23-26-22(25)27-28-23/h2-9,20,29H,10-16H2,1H3,(H3,25,26,27,28). The van der Waals surface area contributed by atoms with Crippen LogP contribution in [0.2, 0.25) is 5.02 Å². The fraction of sp³-hybridized carbons (Fsp3) is 0.391. The van der Waals surface area contributed by atoms with Crippen LogP contribution in [0.1, 0.15) is 24.0 Å². The molecule has 1 saturated heterocycles. The van der Waals surface area contributed by atoms with Crippen molar-refractivity contribution in [2.45, 2.75) is 31.8 Å². The first kappa shape index (κ1) is 22.8. The SMILES string of the molecule is CSNc1ccccc1CN(CCc1ccc(Cl)cc1)C1CCN(c2nc(N)n[nH]2)CC1. The van der Waals surface area contributed by atoms with Crippen LogP contribution in [0.4, 0.5) is 17.6 Å². The molecule has 0 unspecified atom stereocenters. The van der Waals surface area contributed by atoms with Gasteiger partial charge in [0, 0.05) is 49.2 Å². The van der Waals surface area contributed by atoms with E-state index in [1.807, 2.05) is 12.1 Å². The Labute approximate surface area is 198 Å². The third kappa shape index (κ3) is 5.88. The molecule has 1 aromatic heterocycles. The summed E-state index contributed by atoms with van der Waals surface area (Å²) in [6.07, 6.45) is 5.19. The van der Waals surface area contributed by atoms with Gasteiger partial charge in [-0.05, 0) is 48.6 Å². The van der Waals surface area contributed by atoms with Gasteiger partial charge in [-0.25, -0.2) is 5.10 Å². The summed E-state index contributed by atoms with van der Waals surface area (Å²) in [6, 6.07) is 17.3. The van der Waals surface area contributed by atoms with Crippen molar-refractivity contribution in [2.24, 2.45) is 0 Å². The van der Waals surface area contributed by atoms with Gasteiger partial charge < -0.3 is 15.4 Å². The van der Waals surface area contributed by atoms with E-state index in [0.29, 0.717) is 12.0 Å². The van der Waals surface area contributed by atoms with Crippen molar-refractivity contribution in [1.82, 2.24) is 20.1 Å². The summed E-state index contributed by atoms with van der Waals surface area (Å²) in [6.45, 7) is 3.77. The summed E-state index contributed by atoms with van der Waals surface area (Å²) in [5.41, 5.74) is 9.50. The van der Waals surface area contributed by atoms with Gasteiger partial charge in [0.15, 0.2) is 0 Å². The first-order valence-corrected chi connectivity index (χ1v) is 12.5. The number of nitrogens with two attached hydrogens (primary N) is 1. The number of nitrogen functional groups attached to an aromatic ring is 1. The zero-order valence-corrected chi connectivity index (χ0v) is 19.9. The summed E-state index contributed by atoms with van der Waals surface area (Å²) in [4.78, 5) is 9.15. The summed E-state index contributed by atoms with van der Waals surface area (Å²) < 4.78 is 3.43. The van der Waals surface area contributed by atoms with Crippen molar-refractivity contribution in [3.8, 4) is 0 Å². The molecule has 0 spiro atoms. The molecule has 1 fully saturated rings. The maximum atomic E-state index is 6.07. The first-order valence-electron chi connectivity index (χ1n) is 10.9. The Balaban J connectivity index is 1.46. The lowest BCUT2D eigenvalue weighted by Gasteiger charge is -2.38. The Bertz CT molecular complexity index is 986. The van der Waals surface area contributed by atoms with Gasteiger partial charge in [-0.1, -0.05) is 53.9 Å². The third-order valence-electron chi connectivity index (χ3n) is 5.98. The average molecular weight is 472 g/mol. The quantitative estimate of drug-likeness (QED) is 0.397. The normalized spacial score (nSPS) is 14.8. The maximum absolute atomic E-state index is 6.07. The predicted molar refractivity (Wildman–Crippen MR) is 135 cm³/mol. The molecule has 1 aliphatic heterocycles. The van der Waals surface area contributed by atoms with Gasteiger partial charge in [0.2, 0.25) is 11.9 Å². The van der Waals surface area contributed by atoms with Crippen molar-refractivity contribution in [3.63, 3.8) is 0 Å². The molecular formula is C23H30ClN7S. The minimum Gasteiger partial charge on any atom is -0.366 e. The highest BCUT2D eigenvalue weighted by Gasteiger charge is 2.26. The van der Waals surface area contributed by atoms with E-state index in [1.165, 1.54) is 16.8 Å². The molecule has 4 rings (SSSR count). The lowest BCUT2D eigenvalue weighted by molar-refractivity contribution is 0.162. The molecule has 1 aliphatic rings. The lowest BCUT2D eigenvalue weighted by Crippen LogP contribution is -2.45. The molecular weight excluding hydrogens is 442 g/mol. The molecule has 0 saturated carbocycles. The van der Waals surface area contributed by atoms with Gasteiger partial charge in [0.1, 0.15) is 0 Å². The van der Waals surface area contributed by atoms with Crippen LogP contribution in [0.15, 0.2) is 48.5 Å². The number of aromatic nitrogens is 3. The van der Waals surface area contributed by atoms with Crippen molar-refractivity contribution in [2.75, 3.05) is 41.2 Å². The monoisotopic (exact) mass is 471 g/mol. The zero-order valence-electron chi connectivity index (χ0n) is 18.3. The zero-order chi connectivity index (χ0) is 22.3. The molecule has 0 amide bonds. The molecule has 32 heavy (non-hydrogen) atoms. The Morgan fingerprint density at radius 3 is 2.62 bits per heavy atom. The Hall–Kier alpha value is -2.42.